The standard InChI is InChI=1S/C21H23N5/c1-2-5-16(6-3-1)9-12-25-11-4-7-17(14-25)26-15-24-19-13-23-21-18(20(19)26)8-10-22-21/h1-3,5-6,8,10,13,15,17H,4,7,9,11-12,14H2,(H,22,23). The number of H-pyrrole nitrogens is 1. The molecule has 0 bridgehead atoms. The molecule has 0 radical (unpaired) electrons. The molecule has 5 heteroatoms. The topological polar surface area (TPSA) is 49.7 Å². The van der Waals surface area contributed by atoms with E-state index >= 15 is 0 Å². The highest BCUT2D eigenvalue weighted by Gasteiger charge is 2.23. The number of nitrogens with zero attached hydrogens (tertiary/aromatic N) is 4. The summed E-state index contributed by atoms with van der Waals surface area (Å²) >= 11 is 0. The predicted octanol–water partition coefficient (Wildman–Crippen LogP) is 3.79. The lowest BCUT2D eigenvalue weighted by Gasteiger charge is -2.33. The Morgan fingerprint density at radius 1 is 1.12 bits per heavy atom. The minimum atomic E-state index is 0.477. The van der Waals surface area contributed by atoms with Gasteiger partial charge in [-0.2, -0.15) is 0 Å². The first-order valence-electron chi connectivity index (χ1n) is 9.43. The summed E-state index contributed by atoms with van der Waals surface area (Å²) in [7, 11) is 0. The van der Waals surface area contributed by atoms with Crippen LogP contribution in [0.25, 0.3) is 22.1 Å². The third-order valence-electron chi connectivity index (χ3n) is 5.55. The van der Waals surface area contributed by atoms with E-state index in [0.29, 0.717) is 6.04 Å². The lowest BCUT2D eigenvalue weighted by Crippen LogP contribution is -2.37. The number of pyridine rings is 1. The second kappa shape index (κ2) is 6.57. The van der Waals surface area contributed by atoms with Crippen molar-refractivity contribution < 1.29 is 0 Å². The second-order valence-electron chi connectivity index (χ2n) is 7.22. The van der Waals surface area contributed by atoms with Gasteiger partial charge in [-0.15, -0.1) is 0 Å². The maximum atomic E-state index is 4.61. The molecule has 1 unspecified atom stereocenters. The van der Waals surface area contributed by atoms with Crippen molar-refractivity contribution in [3.05, 3.63) is 60.7 Å². The van der Waals surface area contributed by atoms with E-state index in [1.165, 1.54) is 35.9 Å². The number of aromatic nitrogens is 4. The van der Waals surface area contributed by atoms with Crippen molar-refractivity contribution in [2.45, 2.75) is 25.3 Å². The summed E-state index contributed by atoms with van der Waals surface area (Å²) in [5.74, 6) is 0. The molecule has 1 aromatic carbocycles. The Hall–Kier alpha value is -2.66. The van der Waals surface area contributed by atoms with Gasteiger partial charge < -0.3 is 14.5 Å². The van der Waals surface area contributed by atoms with Crippen LogP contribution < -0.4 is 0 Å². The SMILES string of the molecule is c1ccc(CCN2CCCC(n3cnc4cnc5[nH]ccc5c43)C2)cc1. The molecule has 5 nitrogen and oxygen atoms in total. The van der Waals surface area contributed by atoms with E-state index in [-0.39, 0.29) is 0 Å². The van der Waals surface area contributed by atoms with Crippen molar-refractivity contribution in [1.29, 1.82) is 0 Å². The highest BCUT2D eigenvalue weighted by molar-refractivity contribution is 6.00. The molecule has 1 aliphatic rings. The van der Waals surface area contributed by atoms with Gasteiger partial charge >= 0.3 is 0 Å². The lowest BCUT2D eigenvalue weighted by molar-refractivity contribution is 0.181. The van der Waals surface area contributed by atoms with Crippen LogP contribution in [0.3, 0.4) is 0 Å². The zero-order valence-corrected chi connectivity index (χ0v) is 14.8. The Labute approximate surface area is 152 Å². The quantitative estimate of drug-likeness (QED) is 0.612. The predicted molar refractivity (Wildman–Crippen MR) is 104 cm³/mol. The summed E-state index contributed by atoms with van der Waals surface area (Å²) in [4.78, 5) is 14.9. The molecule has 0 aliphatic carbocycles. The fraction of sp³-hybridized carbons (Fsp3) is 0.333. The molecule has 1 saturated heterocycles. The number of imidazole rings is 1. The van der Waals surface area contributed by atoms with Crippen LogP contribution in [-0.2, 0) is 6.42 Å². The smallest absolute Gasteiger partial charge is 0.139 e. The Kier molecular flexibility index (Phi) is 3.94. The number of likely N-dealkylation sites (tertiary alicyclic amines) is 1. The van der Waals surface area contributed by atoms with Crippen LogP contribution in [0.5, 0.6) is 0 Å². The van der Waals surface area contributed by atoms with E-state index < -0.39 is 0 Å². The van der Waals surface area contributed by atoms with Gasteiger partial charge in [0.1, 0.15) is 11.2 Å². The third-order valence-corrected chi connectivity index (χ3v) is 5.55. The van der Waals surface area contributed by atoms with Gasteiger partial charge in [0.15, 0.2) is 0 Å². The highest BCUT2D eigenvalue weighted by atomic mass is 15.2. The molecule has 1 fully saturated rings. The molecular formula is C21H23N5. The molecule has 0 amide bonds. The summed E-state index contributed by atoms with van der Waals surface area (Å²) in [6, 6.07) is 13.4. The minimum Gasteiger partial charge on any atom is -0.346 e. The molecule has 4 aromatic rings. The van der Waals surface area contributed by atoms with Gasteiger partial charge in [-0.3, -0.25) is 0 Å². The summed E-state index contributed by atoms with van der Waals surface area (Å²) in [5.41, 5.74) is 4.56. The van der Waals surface area contributed by atoms with Crippen LogP contribution in [-0.4, -0.2) is 44.1 Å². The Morgan fingerprint density at radius 3 is 2.96 bits per heavy atom. The van der Waals surface area contributed by atoms with Gasteiger partial charge in [0.2, 0.25) is 0 Å². The minimum absolute atomic E-state index is 0.477. The fourth-order valence-corrected chi connectivity index (χ4v) is 4.20. The molecule has 1 N–H and O–H groups in total. The molecular weight excluding hydrogens is 322 g/mol. The van der Waals surface area contributed by atoms with E-state index in [1.807, 2.05) is 18.7 Å². The van der Waals surface area contributed by atoms with Gasteiger partial charge in [-0.25, -0.2) is 9.97 Å². The molecule has 0 saturated carbocycles. The number of fused-ring (bicyclic) bond motifs is 3. The zero-order valence-electron chi connectivity index (χ0n) is 14.8. The van der Waals surface area contributed by atoms with Crippen molar-refractivity contribution in [3.8, 4) is 0 Å². The number of benzene rings is 1. The van der Waals surface area contributed by atoms with Gasteiger partial charge in [-0.1, -0.05) is 30.3 Å². The maximum Gasteiger partial charge on any atom is 0.139 e. The van der Waals surface area contributed by atoms with Gasteiger partial charge in [0, 0.05) is 30.7 Å². The second-order valence-corrected chi connectivity index (χ2v) is 7.22. The van der Waals surface area contributed by atoms with E-state index in [4.69, 9.17) is 0 Å². The first-order chi connectivity index (χ1) is 12.9. The normalized spacial score (nSPS) is 18.7. The van der Waals surface area contributed by atoms with Crippen LogP contribution in [0.4, 0.5) is 0 Å². The number of aromatic amines is 1. The lowest BCUT2D eigenvalue weighted by atomic mass is 10.0. The van der Waals surface area contributed by atoms with Crippen LogP contribution in [0.2, 0.25) is 0 Å². The summed E-state index contributed by atoms with van der Waals surface area (Å²) in [5, 5.41) is 1.17. The summed E-state index contributed by atoms with van der Waals surface area (Å²) < 4.78 is 2.38. The van der Waals surface area contributed by atoms with Gasteiger partial charge in [0.25, 0.3) is 0 Å². The van der Waals surface area contributed by atoms with Crippen LogP contribution in [0.15, 0.2) is 55.1 Å². The molecule has 1 aliphatic heterocycles. The Balaban J connectivity index is 1.38. The molecule has 5 rings (SSSR count). The molecule has 0 spiro atoms. The number of piperidine rings is 1. The average Bonchev–Trinajstić information content (AvgIpc) is 3.33. The van der Waals surface area contributed by atoms with Crippen molar-refractivity contribution >= 4 is 22.1 Å². The summed E-state index contributed by atoms with van der Waals surface area (Å²) in [6.07, 6.45) is 9.40. The van der Waals surface area contributed by atoms with Crippen LogP contribution in [0.1, 0.15) is 24.4 Å². The van der Waals surface area contributed by atoms with Crippen molar-refractivity contribution in [2.24, 2.45) is 0 Å². The molecule has 1 atom stereocenters. The number of hydrogen-bond donors (Lipinski definition) is 1. The maximum absolute atomic E-state index is 4.61. The van der Waals surface area contributed by atoms with Crippen molar-refractivity contribution in [1.82, 2.24) is 24.4 Å². The van der Waals surface area contributed by atoms with E-state index in [1.54, 1.807) is 0 Å². The largest absolute Gasteiger partial charge is 0.346 e. The number of hydrogen-bond acceptors (Lipinski definition) is 3. The van der Waals surface area contributed by atoms with Crippen LogP contribution >= 0.6 is 0 Å². The average molecular weight is 345 g/mol. The van der Waals surface area contributed by atoms with E-state index in [0.717, 1.165) is 30.7 Å². The van der Waals surface area contributed by atoms with Gasteiger partial charge in [-0.05, 0) is 37.4 Å². The van der Waals surface area contributed by atoms with E-state index in [9.17, 15) is 0 Å². The number of nitrogens with one attached hydrogen (secondary N) is 1. The third kappa shape index (κ3) is 2.78. The number of rotatable bonds is 4. The molecule has 132 valence electrons. The van der Waals surface area contributed by atoms with E-state index in [2.05, 4.69) is 60.8 Å². The Morgan fingerprint density at radius 2 is 2.04 bits per heavy atom. The molecule has 3 aromatic heterocycles. The fourth-order valence-electron chi connectivity index (χ4n) is 4.20. The zero-order chi connectivity index (χ0) is 17.3. The van der Waals surface area contributed by atoms with Crippen LogP contribution in [0, 0.1) is 0 Å². The van der Waals surface area contributed by atoms with Crippen molar-refractivity contribution in [3.63, 3.8) is 0 Å². The molecule has 26 heavy (non-hydrogen) atoms. The Bertz CT molecular complexity index is 1020. The first-order valence-corrected chi connectivity index (χ1v) is 9.43. The first kappa shape index (κ1) is 15.6. The van der Waals surface area contributed by atoms with Crippen molar-refractivity contribution in [2.75, 3.05) is 19.6 Å². The highest BCUT2D eigenvalue weighted by Crippen LogP contribution is 2.29. The van der Waals surface area contributed by atoms with Gasteiger partial charge in [0.05, 0.1) is 18.0 Å². The molecule has 4 heterocycles. The monoisotopic (exact) mass is 345 g/mol. The summed E-state index contributed by atoms with van der Waals surface area (Å²) in [6.45, 7) is 3.40.